The first kappa shape index (κ1) is 16.1. The van der Waals surface area contributed by atoms with Gasteiger partial charge in [0.25, 0.3) is 0 Å². The second-order valence-electron chi connectivity index (χ2n) is 6.68. The van der Waals surface area contributed by atoms with E-state index < -0.39 is 0 Å². The van der Waals surface area contributed by atoms with Crippen LogP contribution in [-0.4, -0.2) is 67.1 Å². The molecule has 130 valence electrons. The number of fused-ring (bicyclic) bond motifs is 1. The van der Waals surface area contributed by atoms with Crippen molar-refractivity contribution in [3.63, 3.8) is 0 Å². The van der Waals surface area contributed by atoms with Gasteiger partial charge in [-0.2, -0.15) is 0 Å². The fourth-order valence-electron chi connectivity index (χ4n) is 3.87. The van der Waals surface area contributed by atoms with E-state index in [1.807, 2.05) is 17.0 Å². The van der Waals surface area contributed by atoms with Crippen LogP contribution in [0.1, 0.15) is 6.42 Å². The first-order chi connectivity index (χ1) is 11.7. The predicted molar refractivity (Wildman–Crippen MR) is 92.9 cm³/mol. The van der Waals surface area contributed by atoms with Crippen molar-refractivity contribution in [1.29, 1.82) is 0 Å². The van der Waals surface area contributed by atoms with E-state index in [9.17, 15) is 4.79 Å². The highest BCUT2D eigenvalue weighted by Gasteiger charge is 2.43. The van der Waals surface area contributed by atoms with Crippen molar-refractivity contribution >= 4 is 23.3 Å². The molecule has 7 nitrogen and oxygen atoms in total. The number of amides is 1. The number of aromatic nitrogens is 1. The first-order valence-corrected chi connectivity index (χ1v) is 8.97. The molecule has 3 N–H and O–H groups in total. The Hall–Kier alpha value is -1.41. The van der Waals surface area contributed by atoms with E-state index in [1.54, 1.807) is 6.20 Å². The lowest BCUT2D eigenvalue weighted by atomic mass is 9.89. The Kier molecular flexibility index (Phi) is 4.58. The maximum absolute atomic E-state index is 12.9. The Labute approximate surface area is 146 Å². The molecule has 0 aromatic carbocycles. The number of anilines is 1. The highest BCUT2D eigenvalue weighted by atomic mass is 35.5. The van der Waals surface area contributed by atoms with Gasteiger partial charge in [-0.25, -0.2) is 10.4 Å². The fourth-order valence-corrected chi connectivity index (χ4v) is 3.98. The van der Waals surface area contributed by atoms with Crippen molar-refractivity contribution < 1.29 is 4.79 Å². The van der Waals surface area contributed by atoms with Gasteiger partial charge < -0.3 is 15.1 Å². The highest BCUT2D eigenvalue weighted by molar-refractivity contribution is 6.30. The molecule has 1 aromatic heterocycles. The molecule has 0 saturated carbocycles. The van der Waals surface area contributed by atoms with Gasteiger partial charge >= 0.3 is 0 Å². The van der Waals surface area contributed by atoms with E-state index >= 15 is 0 Å². The Morgan fingerprint density at radius 3 is 2.79 bits per heavy atom. The number of carbonyl (C=O) groups excluding carboxylic acids is 1. The van der Waals surface area contributed by atoms with E-state index in [4.69, 9.17) is 11.6 Å². The Morgan fingerprint density at radius 1 is 1.21 bits per heavy atom. The number of nitrogens with zero attached hydrogens (tertiary/aromatic N) is 3. The van der Waals surface area contributed by atoms with Crippen LogP contribution in [0.4, 0.5) is 5.82 Å². The molecule has 1 aromatic rings. The number of hydrogen-bond acceptors (Lipinski definition) is 6. The summed E-state index contributed by atoms with van der Waals surface area (Å²) in [4.78, 5) is 21.4. The van der Waals surface area contributed by atoms with Crippen LogP contribution in [0.15, 0.2) is 18.3 Å². The highest BCUT2D eigenvalue weighted by Crippen LogP contribution is 2.22. The number of pyridine rings is 1. The van der Waals surface area contributed by atoms with Crippen molar-refractivity contribution in [2.24, 2.45) is 5.92 Å². The first-order valence-electron chi connectivity index (χ1n) is 8.59. The summed E-state index contributed by atoms with van der Waals surface area (Å²) in [7, 11) is 0. The molecule has 3 unspecified atom stereocenters. The van der Waals surface area contributed by atoms with Gasteiger partial charge in [-0.15, -0.1) is 0 Å². The molecule has 3 atom stereocenters. The Bertz CT molecular complexity index is 589. The van der Waals surface area contributed by atoms with Gasteiger partial charge in [0.1, 0.15) is 11.9 Å². The summed E-state index contributed by atoms with van der Waals surface area (Å²) in [6.45, 7) is 4.97. The summed E-state index contributed by atoms with van der Waals surface area (Å²) >= 11 is 5.89. The van der Waals surface area contributed by atoms with Crippen molar-refractivity contribution in [1.82, 2.24) is 26.1 Å². The molecular formula is C16H23ClN6O. The van der Waals surface area contributed by atoms with Crippen LogP contribution >= 0.6 is 11.6 Å². The monoisotopic (exact) mass is 350 g/mol. The normalized spacial score (nSPS) is 30.3. The Morgan fingerprint density at radius 2 is 2.04 bits per heavy atom. The molecule has 1 amide bonds. The van der Waals surface area contributed by atoms with Crippen molar-refractivity contribution in [3.8, 4) is 0 Å². The summed E-state index contributed by atoms with van der Waals surface area (Å²) in [5.41, 5.74) is 6.52. The van der Waals surface area contributed by atoms with Crippen molar-refractivity contribution in [3.05, 3.63) is 23.4 Å². The summed E-state index contributed by atoms with van der Waals surface area (Å²) in [6, 6.07) is 4.06. The number of carbonyl (C=O) groups is 1. The van der Waals surface area contributed by atoms with Crippen LogP contribution in [0.5, 0.6) is 0 Å². The number of hydrazine groups is 1. The average Bonchev–Trinajstić information content (AvgIpc) is 3.06. The van der Waals surface area contributed by atoms with Crippen LogP contribution in [-0.2, 0) is 4.79 Å². The van der Waals surface area contributed by atoms with E-state index in [-0.39, 0.29) is 11.9 Å². The molecule has 0 aliphatic carbocycles. The standard InChI is InChI=1S/C16H23ClN6O/c17-11-1-2-14(19-9-11)22-5-7-23(8-6-22)16(24)15-12-10-18-4-3-13(12)20-21-15/h1-2,9,12-13,15,18,20-21H,3-8,10H2. The van der Waals surface area contributed by atoms with Gasteiger partial charge in [-0.05, 0) is 25.1 Å². The molecule has 0 bridgehead atoms. The summed E-state index contributed by atoms with van der Waals surface area (Å²) in [5.74, 6) is 1.47. The third-order valence-electron chi connectivity index (χ3n) is 5.27. The largest absolute Gasteiger partial charge is 0.353 e. The molecule has 3 saturated heterocycles. The number of nitrogens with one attached hydrogen (secondary N) is 3. The van der Waals surface area contributed by atoms with Crippen molar-refractivity contribution in [2.45, 2.75) is 18.5 Å². The lowest BCUT2D eigenvalue weighted by molar-refractivity contribution is -0.134. The topological polar surface area (TPSA) is 72.5 Å². The van der Waals surface area contributed by atoms with Crippen LogP contribution in [0.25, 0.3) is 0 Å². The SMILES string of the molecule is O=C(C1NNC2CCNCC21)N1CCN(c2ccc(Cl)cn2)CC1. The summed E-state index contributed by atoms with van der Waals surface area (Å²) < 4.78 is 0. The zero-order valence-corrected chi connectivity index (χ0v) is 14.3. The lowest BCUT2D eigenvalue weighted by Crippen LogP contribution is -2.56. The molecule has 3 aliphatic rings. The maximum atomic E-state index is 12.9. The van der Waals surface area contributed by atoms with Crippen LogP contribution < -0.4 is 21.1 Å². The van der Waals surface area contributed by atoms with Gasteiger partial charge in [0, 0.05) is 50.9 Å². The smallest absolute Gasteiger partial charge is 0.241 e. The van der Waals surface area contributed by atoms with E-state index in [0.717, 1.165) is 51.5 Å². The average molecular weight is 351 g/mol. The van der Waals surface area contributed by atoms with Crippen LogP contribution in [0.2, 0.25) is 5.02 Å². The Balaban J connectivity index is 1.35. The molecule has 24 heavy (non-hydrogen) atoms. The lowest BCUT2D eigenvalue weighted by Gasteiger charge is -2.37. The van der Waals surface area contributed by atoms with Gasteiger partial charge in [-0.1, -0.05) is 11.6 Å². The van der Waals surface area contributed by atoms with E-state index in [1.165, 1.54) is 0 Å². The molecular weight excluding hydrogens is 328 g/mol. The van der Waals surface area contributed by atoms with Gasteiger partial charge in [0.2, 0.25) is 5.91 Å². The number of halogens is 1. The molecule has 0 spiro atoms. The molecule has 4 heterocycles. The van der Waals surface area contributed by atoms with Gasteiger partial charge in [-0.3, -0.25) is 10.2 Å². The van der Waals surface area contributed by atoms with Crippen molar-refractivity contribution in [2.75, 3.05) is 44.2 Å². The third kappa shape index (κ3) is 3.09. The second-order valence-corrected chi connectivity index (χ2v) is 7.11. The minimum atomic E-state index is -0.122. The minimum absolute atomic E-state index is 0.122. The second kappa shape index (κ2) is 6.84. The molecule has 3 aliphatic heterocycles. The van der Waals surface area contributed by atoms with E-state index in [2.05, 4.69) is 26.1 Å². The predicted octanol–water partition coefficient (Wildman–Crippen LogP) is -0.162. The van der Waals surface area contributed by atoms with E-state index in [0.29, 0.717) is 17.0 Å². The number of rotatable bonds is 2. The zero-order valence-electron chi connectivity index (χ0n) is 13.5. The molecule has 8 heteroatoms. The summed E-state index contributed by atoms with van der Waals surface area (Å²) in [5, 5.41) is 4.04. The van der Waals surface area contributed by atoms with Crippen LogP contribution in [0.3, 0.4) is 0 Å². The van der Waals surface area contributed by atoms with Crippen LogP contribution in [0, 0.1) is 5.92 Å². The van der Waals surface area contributed by atoms with Gasteiger partial charge in [0.05, 0.1) is 5.02 Å². The third-order valence-corrected chi connectivity index (χ3v) is 5.50. The number of piperazine rings is 1. The maximum Gasteiger partial charge on any atom is 0.241 e. The molecule has 4 rings (SSSR count). The minimum Gasteiger partial charge on any atom is -0.353 e. The molecule has 0 radical (unpaired) electrons. The summed E-state index contributed by atoms with van der Waals surface area (Å²) in [6.07, 6.45) is 2.73. The van der Waals surface area contributed by atoms with Gasteiger partial charge in [0.15, 0.2) is 0 Å². The molecule has 3 fully saturated rings. The zero-order chi connectivity index (χ0) is 16.5. The number of hydrogen-bond donors (Lipinski definition) is 3. The number of piperidine rings is 1. The fraction of sp³-hybridized carbons (Fsp3) is 0.625. The quantitative estimate of drug-likeness (QED) is 0.688.